The largest absolute Gasteiger partial charge is 0.444 e. The van der Waals surface area contributed by atoms with Crippen LogP contribution in [0.25, 0.3) is 11.5 Å². The second-order valence-electron chi connectivity index (χ2n) is 5.22. The van der Waals surface area contributed by atoms with Crippen LogP contribution in [0.1, 0.15) is 32.0 Å². The van der Waals surface area contributed by atoms with Gasteiger partial charge in [-0.2, -0.15) is 11.3 Å². The second-order valence-corrected chi connectivity index (χ2v) is 5.96. The number of aromatic nitrogens is 1. The van der Waals surface area contributed by atoms with Gasteiger partial charge in [-0.15, -0.1) is 0 Å². The first-order valence-corrected chi connectivity index (χ1v) is 6.62. The van der Waals surface area contributed by atoms with Crippen molar-refractivity contribution in [2.24, 2.45) is 0 Å². The molecule has 0 aromatic carbocycles. The number of nitrogens with zero attached hydrogens (tertiary/aromatic N) is 1. The maximum atomic E-state index is 5.51. The van der Waals surface area contributed by atoms with Crippen LogP contribution < -0.4 is 5.32 Å². The van der Waals surface area contributed by atoms with Crippen molar-refractivity contribution in [1.29, 1.82) is 0 Å². The van der Waals surface area contributed by atoms with Gasteiger partial charge in [-0.25, -0.2) is 4.98 Å². The zero-order valence-corrected chi connectivity index (χ0v) is 11.5. The van der Waals surface area contributed by atoms with Crippen LogP contribution in [0.4, 0.5) is 0 Å². The molecule has 1 N–H and O–H groups in total. The van der Waals surface area contributed by atoms with E-state index in [0.717, 1.165) is 23.7 Å². The number of rotatable bonds is 3. The smallest absolute Gasteiger partial charge is 0.227 e. The van der Waals surface area contributed by atoms with Crippen molar-refractivity contribution in [1.82, 2.24) is 10.3 Å². The van der Waals surface area contributed by atoms with E-state index >= 15 is 0 Å². The van der Waals surface area contributed by atoms with Gasteiger partial charge in [-0.05, 0) is 38.6 Å². The van der Waals surface area contributed by atoms with Crippen molar-refractivity contribution in [3.63, 3.8) is 0 Å². The maximum Gasteiger partial charge on any atom is 0.227 e. The normalized spacial score (nSPS) is 12.0. The Kier molecular flexibility index (Phi) is 3.35. The molecule has 0 aliphatic rings. The van der Waals surface area contributed by atoms with Crippen molar-refractivity contribution < 1.29 is 4.42 Å². The molecule has 2 heterocycles. The van der Waals surface area contributed by atoms with Gasteiger partial charge < -0.3 is 9.73 Å². The Balaban J connectivity index is 2.09. The van der Waals surface area contributed by atoms with Crippen LogP contribution in [0.5, 0.6) is 0 Å². The molecule has 0 saturated heterocycles. The monoisotopic (exact) mass is 250 g/mol. The molecule has 0 aliphatic carbocycles. The highest BCUT2D eigenvalue weighted by Gasteiger charge is 2.12. The van der Waals surface area contributed by atoms with Crippen LogP contribution in [-0.4, -0.2) is 10.5 Å². The van der Waals surface area contributed by atoms with Gasteiger partial charge in [0.2, 0.25) is 5.89 Å². The molecule has 2 aromatic rings. The Morgan fingerprint density at radius 2 is 2.12 bits per heavy atom. The summed E-state index contributed by atoms with van der Waals surface area (Å²) in [7, 11) is 0. The van der Waals surface area contributed by atoms with Crippen molar-refractivity contribution in [3.8, 4) is 11.5 Å². The first-order valence-electron chi connectivity index (χ1n) is 5.68. The molecule has 0 spiro atoms. The summed E-state index contributed by atoms with van der Waals surface area (Å²) < 4.78 is 5.51. The Morgan fingerprint density at radius 3 is 2.71 bits per heavy atom. The summed E-state index contributed by atoms with van der Waals surface area (Å²) in [6.45, 7) is 9.21. The van der Waals surface area contributed by atoms with E-state index in [1.54, 1.807) is 17.6 Å². The fraction of sp³-hybridized carbons (Fsp3) is 0.462. The quantitative estimate of drug-likeness (QED) is 0.904. The summed E-state index contributed by atoms with van der Waals surface area (Å²) in [5, 5.41) is 7.57. The Bertz CT molecular complexity index is 493. The van der Waals surface area contributed by atoms with Crippen molar-refractivity contribution in [3.05, 3.63) is 28.3 Å². The lowest BCUT2D eigenvalue weighted by molar-refractivity contribution is 0.421. The average molecular weight is 250 g/mol. The number of hydrogen-bond donors (Lipinski definition) is 1. The van der Waals surface area contributed by atoms with E-state index in [2.05, 4.69) is 48.8 Å². The molecule has 0 unspecified atom stereocenters. The molecular formula is C13H18N2OS. The molecule has 3 nitrogen and oxygen atoms in total. The third-order valence-corrected chi connectivity index (χ3v) is 3.30. The highest BCUT2D eigenvalue weighted by Crippen LogP contribution is 2.25. The number of hydrogen-bond acceptors (Lipinski definition) is 4. The highest BCUT2D eigenvalue weighted by molar-refractivity contribution is 7.08. The minimum atomic E-state index is 0.0947. The van der Waals surface area contributed by atoms with Gasteiger partial charge >= 0.3 is 0 Å². The number of oxazole rings is 1. The van der Waals surface area contributed by atoms with Gasteiger partial charge in [-0.1, -0.05) is 0 Å². The molecule has 0 radical (unpaired) electrons. The van der Waals surface area contributed by atoms with E-state index in [1.807, 2.05) is 0 Å². The molecule has 0 atom stereocenters. The lowest BCUT2D eigenvalue weighted by Crippen LogP contribution is -2.35. The molecule has 2 rings (SSSR count). The second kappa shape index (κ2) is 4.63. The molecule has 0 aliphatic heterocycles. The minimum Gasteiger partial charge on any atom is -0.444 e. The zero-order chi connectivity index (χ0) is 12.5. The van der Waals surface area contributed by atoms with Gasteiger partial charge in [0.1, 0.15) is 6.26 Å². The molecule has 4 heteroatoms. The zero-order valence-electron chi connectivity index (χ0n) is 10.7. The third-order valence-electron chi connectivity index (χ3n) is 2.44. The van der Waals surface area contributed by atoms with Gasteiger partial charge in [0.05, 0.1) is 11.3 Å². The predicted octanol–water partition coefficient (Wildman–Crippen LogP) is 3.60. The van der Waals surface area contributed by atoms with Crippen LogP contribution >= 0.6 is 11.3 Å². The summed E-state index contributed by atoms with van der Waals surface area (Å²) in [4.78, 5) is 4.49. The van der Waals surface area contributed by atoms with E-state index in [9.17, 15) is 0 Å². The first kappa shape index (κ1) is 12.3. The van der Waals surface area contributed by atoms with Crippen molar-refractivity contribution in [2.75, 3.05) is 0 Å². The molecule has 92 valence electrons. The summed E-state index contributed by atoms with van der Waals surface area (Å²) in [6.07, 6.45) is 1.73. The first-order chi connectivity index (χ1) is 7.96. The van der Waals surface area contributed by atoms with Gasteiger partial charge in [0, 0.05) is 17.5 Å². The minimum absolute atomic E-state index is 0.0947. The standard InChI is InChI=1S/C13H18N2OS/c1-9-7-17-8-11(9)12-15-10(6-16-12)5-14-13(2,3)4/h6-8,14H,5H2,1-4H3. The summed E-state index contributed by atoms with van der Waals surface area (Å²) in [5.74, 6) is 0.717. The SMILES string of the molecule is Cc1cscc1-c1nc(CNC(C)(C)C)co1. The van der Waals surface area contributed by atoms with Crippen molar-refractivity contribution >= 4 is 11.3 Å². The van der Waals surface area contributed by atoms with E-state index in [4.69, 9.17) is 4.42 Å². The molecule has 0 amide bonds. The van der Waals surface area contributed by atoms with Crippen LogP contribution in [-0.2, 0) is 6.54 Å². The molecule has 0 bridgehead atoms. The van der Waals surface area contributed by atoms with E-state index in [1.165, 1.54) is 5.56 Å². The fourth-order valence-electron chi connectivity index (χ4n) is 1.45. The van der Waals surface area contributed by atoms with Crippen molar-refractivity contribution in [2.45, 2.75) is 39.8 Å². The van der Waals surface area contributed by atoms with Gasteiger partial charge in [0.15, 0.2) is 0 Å². The lowest BCUT2D eigenvalue weighted by Gasteiger charge is -2.19. The highest BCUT2D eigenvalue weighted by atomic mass is 32.1. The maximum absolute atomic E-state index is 5.51. The van der Waals surface area contributed by atoms with Crippen LogP contribution in [0.3, 0.4) is 0 Å². The number of thiophene rings is 1. The Labute approximate surface area is 106 Å². The lowest BCUT2D eigenvalue weighted by atomic mass is 10.1. The number of aryl methyl sites for hydroxylation is 1. The summed E-state index contributed by atoms with van der Waals surface area (Å²) in [5.41, 5.74) is 3.35. The third kappa shape index (κ3) is 3.17. The van der Waals surface area contributed by atoms with Crippen LogP contribution in [0.15, 0.2) is 21.4 Å². The fourth-order valence-corrected chi connectivity index (χ4v) is 2.27. The van der Waals surface area contributed by atoms with E-state index in [0.29, 0.717) is 0 Å². The predicted molar refractivity (Wildman–Crippen MR) is 71.1 cm³/mol. The molecule has 0 saturated carbocycles. The van der Waals surface area contributed by atoms with Gasteiger partial charge in [0.25, 0.3) is 0 Å². The molecule has 0 fully saturated rings. The van der Waals surface area contributed by atoms with Gasteiger partial charge in [-0.3, -0.25) is 0 Å². The van der Waals surface area contributed by atoms with Crippen LogP contribution in [0.2, 0.25) is 0 Å². The Hall–Kier alpha value is -1.13. The molecule has 2 aromatic heterocycles. The Morgan fingerprint density at radius 1 is 1.35 bits per heavy atom. The van der Waals surface area contributed by atoms with Crippen LogP contribution in [0, 0.1) is 6.92 Å². The molecule has 17 heavy (non-hydrogen) atoms. The summed E-state index contributed by atoms with van der Waals surface area (Å²) >= 11 is 1.67. The van der Waals surface area contributed by atoms with E-state index in [-0.39, 0.29) is 5.54 Å². The average Bonchev–Trinajstić information content (AvgIpc) is 2.81. The number of nitrogens with one attached hydrogen (secondary N) is 1. The summed E-state index contributed by atoms with van der Waals surface area (Å²) in [6, 6.07) is 0. The molecular weight excluding hydrogens is 232 g/mol. The topological polar surface area (TPSA) is 38.1 Å². The van der Waals surface area contributed by atoms with E-state index < -0.39 is 0 Å².